The van der Waals surface area contributed by atoms with Crippen molar-refractivity contribution in [3.63, 3.8) is 0 Å². The fraction of sp³-hybridized carbons (Fsp3) is 0.296. The highest BCUT2D eigenvalue weighted by Crippen LogP contribution is 2.52. The summed E-state index contributed by atoms with van der Waals surface area (Å²) in [6.07, 6.45) is -10.3. The topological polar surface area (TPSA) is 259 Å². The summed E-state index contributed by atoms with van der Waals surface area (Å²) in [5.41, 5.74) is 0.274. The molecule has 16 heteroatoms. The molecule has 3 aliphatic heterocycles. The van der Waals surface area contributed by atoms with Gasteiger partial charge in [-0.2, -0.15) is 0 Å². The molecule has 2 aromatic rings. The number of carbonyl (C=O) groups excluding carboxylic acids is 1. The van der Waals surface area contributed by atoms with E-state index in [-0.39, 0.29) is 39.7 Å². The van der Waals surface area contributed by atoms with Gasteiger partial charge in [0.2, 0.25) is 12.0 Å². The number of allylic oxidation sites excluding steroid dienone is 2. The minimum absolute atomic E-state index is 0.000564. The molecule has 0 saturated carbocycles. The van der Waals surface area contributed by atoms with Crippen LogP contribution in [0.2, 0.25) is 0 Å². The zero-order valence-corrected chi connectivity index (χ0v) is 21.7. The number of carbonyl (C=O) groups is 3. The quantitative estimate of drug-likeness (QED) is 0.111. The van der Waals surface area contributed by atoms with Gasteiger partial charge in [-0.25, -0.2) is 4.79 Å². The second kappa shape index (κ2) is 11.3. The van der Waals surface area contributed by atoms with Crippen LogP contribution in [-0.2, 0) is 28.6 Å². The van der Waals surface area contributed by atoms with Crippen LogP contribution in [0.3, 0.4) is 0 Å². The van der Waals surface area contributed by atoms with Crippen molar-refractivity contribution >= 4 is 23.5 Å². The number of hydrogen-bond acceptors (Lipinski definition) is 14. The number of rotatable bonds is 8. The van der Waals surface area contributed by atoms with E-state index < -0.39 is 85.0 Å². The predicted octanol–water partition coefficient (Wildman–Crippen LogP) is -0.149. The third-order valence-electron chi connectivity index (χ3n) is 6.69. The van der Waals surface area contributed by atoms with Crippen molar-refractivity contribution < 1.29 is 78.9 Å². The first kappa shape index (κ1) is 29.5. The normalized spacial score (nSPS) is 25.9. The van der Waals surface area contributed by atoms with Crippen molar-refractivity contribution in [3.05, 3.63) is 59.1 Å². The van der Waals surface area contributed by atoms with Gasteiger partial charge in [-0.3, -0.25) is 9.59 Å². The number of phenols is 3. The molecule has 0 aromatic heterocycles. The molecule has 0 spiro atoms. The summed E-state index contributed by atoms with van der Waals surface area (Å²) in [6.45, 7) is -0.738. The number of carboxylic acid groups (broad SMARTS) is 2. The van der Waals surface area contributed by atoms with Gasteiger partial charge < -0.3 is 64.5 Å². The number of aliphatic hydroxyl groups excluding tert-OH is 3. The van der Waals surface area contributed by atoms with Gasteiger partial charge in [0, 0.05) is 29.3 Å². The number of aliphatic hydroxyl groups is 3. The standard InChI is InChI=1S/C27H24O16/c28-10-4-14-20-11(6-16(40-14)26(37)38)25(24(41-15(20)5-10)9-1-2-12(29)13(30)3-9)43-27-23(36)22(35)21(34)17(42-27)8-39-19(33)7-18(31)32/h1-6,17,21-24,27-30,34-36H,7-8H2,(H,31,32)(H,37,38)/t17-,21-,22-,23-,24?,27+/m1/s1. The first-order valence-electron chi connectivity index (χ1n) is 12.5. The molecular formula is C27H24O16. The fourth-order valence-electron chi connectivity index (χ4n) is 4.66. The Morgan fingerprint density at radius 3 is 2.28 bits per heavy atom. The molecule has 5 rings (SSSR count). The Labute approximate surface area is 240 Å². The zero-order chi connectivity index (χ0) is 31.2. The number of esters is 1. The van der Waals surface area contributed by atoms with E-state index in [9.17, 15) is 50.1 Å². The number of aliphatic carboxylic acids is 2. The van der Waals surface area contributed by atoms with Crippen LogP contribution in [-0.4, -0.2) is 96.1 Å². The number of hydrogen-bond donors (Lipinski definition) is 8. The molecule has 1 fully saturated rings. The van der Waals surface area contributed by atoms with E-state index in [2.05, 4.69) is 0 Å². The third-order valence-corrected chi connectivity index (χ3v) is 6.69. The molecule has 3 heterocycles. The predicted molar refractivity (Wildman–Crippen MR) is 135 cm³/mol. The van der Waals surface area contributed by atoms with Gasteiger partial charge in [0.05, 0.1) is 5.56 Å². The summed E-state index contributed by atoms with van der Waals surface area (Å²) < 4.78 is 27.8. The van der Waals surface area contributed by atoms with Crippen molar-refractivity contribution in [2.45, 2.75) is 43.2 Å². The molecule has 1 unspecified atom stereocenters. The Morgan fingerprint density at radius 1 is 0.884 bits per heavy atom. The van der Waals surface area contributed by atoms with Crippen molar-refractivity contribution in [1.82, 2.24) is 0 Å². The summed E-state index contributed by atoms with van der Waals surface area (Å²) in [5, 5.41) is 80.3. The summed E-state index contributed by atoms with van der Waals surface area (Å²) in [6, 6.07) is 5.91. The maximum atomic E-state index is 11.9. The molecule has 16 nitrogen and oxygen atoms in total. The number of ether oxygens (including phenoxy) is 5. The lowest BCUT2D eigenvalue weighted by molar-refractivity contribution is -0.294. The smallest absolute Gasteiger partial charge is 0.371 e. The maximum Gasteiger partial charge on any atom is 0.371 e. The van der Waals surface area contributed by atoms with Crippen molar-refractivity contribution in [2.24, 2.45) is 0 Å². The fourth-order valence-corrected chi connectivity index (χ4v) is 4.66. The second-order valence-corrected chi connectivity index (χ2v) is 9.64. The molecule has 0 aliphatic carbocycles. The van der Waals surface area contributed by atoms with E-state index in [1.807, 2.05) is 0 Å². The monoisotopic (exact) mass is 604 g/mol. The van der Waals surface area contributed by atoms with Crippen molar-refractivity contribution in [2.75, 3.05) is 6.61 Å². The lowest BCUT2D eigenvalue weighted by Gasteiger charge is -2.42. The molecule has 3 aliphatic rings. The number of carboxylic acids is 2. The van der Waals surface area contributed by atoms with Crippen LogP contribution in [0.15, 0.2) is 47.9 Å². The highest BCUT2D eigenvalue weighted by Gasteiger charge is 2.47. The van der Waals surface area contributed by atoms with Gasteiger partial charge in [-0.15, -0.1) is 0 Å². The minimum atomic E-state index is -1.94. The Balaban J connectivity index is 1.58. The van der Waals surface area contributed by atoms with E-state index >= 15 is 0 Å². The molecule has 43 heavy (non-hydrogen) atoms. The lowest BCUT2D eigenvalue weighted by Crippen LogP contribution is -2.59. The van der Waals surface area contributed by atoms with Gasteiger partial charge in [-0.05, 0) is 12.1 Å². The summed E-state index contributed by atoms with van der Waals surface area (Å²) in [5.74, 6) is -6.50. The molecule has 1 saturated heterocycles. The average Bonchev–Trinajstić information content (AvgIpc) is 2.94. The average molecular weight is 604 g/mol. The van der Waals surface area contributed by atoms with E-state index in [0.717, 1.165) is 24.3 Å². The van der Waals surface area contributed by atoms with Gasteiger partial charge in [0.1, 0.15) is 54.7 Å². The maximum absolute atomic E-state index is 11.9. The van der Waals surface area contributed by atoms with Crippen LogP contribution in [0.25, 0.3) is 5.57 Å². The van der Waals surface area contributed by atoms with Crippen LogP contribution >= 0.6 is 0 Å². The first-order valence-corrected chi connectivity index (χ1v) is 12.5. The van der Waals surface area contributed by atoms with Crippen LogP contribution in [0.4, 0.5) is 0 Å². The number of phenolic OH excluding ortho intramolecular Hbond substituents is 3. The van der Waals surface area contributed by atoms with E-state index in [4.69, 9.17) is 28.8 Å². The van der Waals surface area contributed by atoms with Crippen LogP contribution < -0.4 is 9.47 Å². The second-order valence-electron chi connectivity index (χ2n) is 9.64. The number of aromatic hydroxyl groups is 3. The van der Waals surface area contributed by atoms with Gasteiger partial charge in [-0.1, -0.05) is 6.07 Å². The molecule has 8 N–H and O–H groups in total. The molecular weight excluding hydrogens is 580 g/mol. The molecule has 2 aromatic carbocycles. The highest BCUT2D eigenvalue weighted by atomic mass is 16.7. The van der Waals surface area contributed by atoms with E-state index in [1.54, 1.807) is 0 Å². The largest absolute Gasteiger partial charge is 0.508 e. The van der Waals surface area contributed by atoms with E-state index in [0.29, 0.717) is 0 Å². The highest BCUT2D eigenvalue weighted by molar-refractivity contribution is 5.95. The zero-order valence-electron chi connectivity index (χ0n) is 21.7. The SMILES string of the molecule is O=C(O)CC(=O)OC[C@H]1O[C@@H](OC2=C3C=C(C(=O)O)Oc4cc(O)cc(c43)OC2c2ccc(O)c(O)c2)[C@H](O)[C@H](O)[C@@H]1O. The van der Waals surface area contributed by atoms with Crippen LogP contribution in [0.5, 0.6) is 28.7 Å². The summed E-state index contributed by atoms with van der Waals surface area (Å²) >= 11 is 0. The molecule has 0 radical (unpaired) electrons. The summed E-state index contributed by atoms with van der Waals surface area (Å²) in [4.78, 5) is 34.4. The Morgan fingerprint density at radius 2 is 1.60 bits per heavy atom. The van der Waals surface area contributed by atoms with Crippen LogP contribution in [0, 0.1) is 0 Å². The minimum Gasteiger partial charge on any atom is -0.508 e. The van der Waals surface area contributed by atoms with Crippen LogP contribution in [0.1, 0.15) is 23.7 Å². The molecule has 0 amide bonds. The summed E-state index contributed by atoms with van der Waals surface area (Å²) in [7, 11) is 0. The Hall–Kier alpha value is -5.03. The van der Waals surface area contributed by atoms with Crippen molar-refractivity contribution in [1.29, 1.82) is 0 Å². The number of benzene rings is 2. The van der Waals surface area contributed by atoms with Gasteiger partial charge in [0.25, 0.3) is 0 Å². The first-order chi connectivity index (χ1) is 20.3. The van der Waals surface area contributed by atoms with Crippen molar-refractivity contribution in [3.8, 4) is 28.7 Å². The van der Waals surface area contributed by atoms with Gasteiger partial charge >= 0.3 is 17.9 Å². The third kappa shape index (κ3) is 5.71. The Bertz CT molecular complexity index is 1540. The van der Waals surface area contributed by atoms with E-state index in [1.165, 1.54) is 12.1 Å². The molecule has 6 atom stereocenters. The molecule has 0 bridgehead atoms. The lowest BCUT2D eigenvalue weighted by atomic mass is 9.92. The Kier molecular flexibility index (Phi) is 7.76. The van der Waals surface area contributed by atoms with Gasteiger partial charge in [0.15, 0.2) is 23.4 Å². The molecule has 228 valence electrons.